The van der Waals surface area contributed by atoms with Crippen LogP contribution in [0.2, 0.25) is 0 Å². The molecule has 1 fully saturated rings. The van der Waals surface area contributed by atoms with Gasteiger partial charge in [0, 0.05) is 21.6 Å². The van der Waals surface area contributed by atoms with Gasteiger partial charge in [0.25, 0.3) is 0 Å². The summed E-state index contributed by atoms with van der Waals surface area (Å²) >= 11 is 3.38. The highest BCUT2D eigenvalue weighted by molar-refractivity contribution is 9.10. The second-order valence-corrected chi connectivity index (χ2v) is 5.08. The summed E-state index contributed by atoms with van der Waals surface area (Å²) in [6.45, 7) is 2.02. The number of halogens is 1. The Morgan fingerprint density at radius 2 is 2.20 bits per heavy atom. The van der Waals surface area contributed by atoms with E-state index in [1.165, 1.54) is 12.8 Å². The molecule has 1 aliphatic carbocycles. The molecule has 0 bridgehead atoms. The van der Waals surface area contributed by atoms with Gasteiger partial charge in [0.05, 0.1) is 0 Å². The van der Waals surface area contributed by atoms with E-state index in [-0.39, 0.29) is 11.7 Å². The molecule has 0 heterocycles. The van der Waals surface area contributed by atoms with Gasteiger partial charge in [-0.2, -0.15) is 0 Å². The Balaban J connectivity index is 2.24. The van der Waals surface area contributed by atoms with E-state index in [1.807, 2.05) is 6.92 Å². The minimum Gasteiger partial charge on any atom is -0.399 e. The number of carbonyl (C=O) groups excluding carboxylic acids is 1. The largest absolute Gasteiger partial charge is 0.399 e. The van der Waals surface area contributed by atoms with Crippen molar-refractivity contribution in [1.82, 2.24) is 0 Å². The molecule has 1 unspecified atom stereocenters. The molecular formula is C12H14BrNO. The van der Waals surface area contributed by atoms with Crippen molar-refractivity contribution < 1.29 is 4.79 Å². The van der Waals surface area contributed by atoms with Gasteiger partial charge >= 0.3 is 0 Å². The van der Waals surface area contributed by atoms with E-state index in [0.717, 1.165) is 10.0 Å². The lowest BCUT2D eigenvalue weighted by molar-refractivity contribution is 0.0915. The van der Waals surface area contributed by atoms with Crippen LogP contribution >= 0.6 is 15.9 Å². The standard InChI is InChI=1S/C12H14BrNO/c1-7(8-2-3-8)12(15)10-5-4-9(14)6-11(10)13/h4-8H,2-3,14H2,1H3. The predicted octanol–water partition coefficient (Wildman–Crippen LogP) is 3.26. The maximum atomic E-state index is 12.1. The molecule has 0 saturated heterocycles. The molecule has 0 spiro atoms. The molecule has 0 aromatic heterocycles. The lowest BCUT2D eigenvalue weighted by Crippen LogP contribution is -2.13. The zero-order valence-corrected chi connectivity index (χ0v) is 10.3. The highest BCUT2D eigenvalue weighted by atomic mass is 79.9. The number of nitrogens with two attached hydrogens (primary N) is 1. The van der Waals surface area contributed by atoms with Gasteiger partial charge in [-0.25, -0.2) is 0 Å². The quantitative estimate of drug-likeness (QED) is 0.675. The van der Waals surface area contributed by atoms with Crippen molar-refractivity contribution in [3.8, 4) is 0 Å². The lowest BCUT2D eigenvalue weighted by atomic mass is 9.95. The molecule has 0 amide bonds. The van der Waals surface area contributed by atoms with E-state index in [4.69, 9.17) is 5.73 Å². The number of nitrogen functional groups attached to an aromatic ring is 1. The van der Waals surface area contributed by atoms with Crippen molar-refractivity contribution in [2.45, 2.75) is 19.8 Å². The number of hydrogen-bond donors (Lipinski definition) is 1. The Labute approximate surface area is 98.0 Å². The fourth-order valence-electron chi connectivity index (χ4n) is 1.79. The van der Waals surface area contributed by atoms with E-state index in [1.54, 1.807) is 18.2 Å². The molecule has 1 aromatic carbocycles. The molecule has 2 nitrogen and oxygen atoms in total. The molecule has 1 atom stereocenters. The van der Waals surface area contributed by atoms with Crippen molar-refractivity contribution >= 4 is 27.4 Å². The van der Waals surface area contributed by atoms with Crippen molar-refractivity contribution in [2.75, 3.05) is 5.73 Å². The molecule has 1 aromatic rings. The van der Waals surface area contributed by atoms with Crippen LogP contribution in [0.15, 0.2) is 22.7 Å². The summed E-state index contributed by atoms with van der Waals surface area (Å²) < 4.78 is 0.806. The molecule has 80 valence electrons. The van der Waals surface area contributed by atoms with Crippen LogP contribution in [0.1, 0.15) is 30.1 Å². The summed E-state index contributed by atoms with van der Waals surface area (Å²) in [6.07, 6.45) is 2.39. The van der Waals surface area contributed by atoms with Gasteiger partial charge in [-0.05, 0) is 52.9 Å². The van der Waals surface area contributed by atoms with Gasteiger partial charge in [-0.3, -0.25) is 4.79 Å². The fraction of sp³-hybridized carbons (Fsp3) is 0.417. The highest BCUT2D eigenvalue weighted by Crippen LogP contribution is 2.39. The van der Waals surface area contributed by atoms with E-state index in [2.05, 4.69) is 15.9 Å². The van der Waals surface area contributed by atoms with Crippen LogP contribution in [0.25, 0.3) is 0 Å². The number of ketones is 1. The minimum absolute atomic E-state index is 0.143. The molecule has 0 aliphatic heterocycles. The second-order valence-electron chi connectivity index (χ2n) is 4.23. The van der Waals surface area contributed by atoms with Gasteiger partial charge in [0.15, 0.2) is 5.78 Å². The first-order valence-corrected chi connectivity index (χ1v) is 5.98. The predicted molar refractivity (Wildman–Crippen MR) is 64.8 cm³/mol. The molecule has 2 N–H and O–H groups in total. The van der Waals surface area contributed by atoms with E-state index < -0.39 is 0 Å². The first kappa shape index (κ1) is 10.7. The summed E-state index contributed by atoms with van der Waals surface area (Å²) in [5.41, 5.74) is 7.07. The summed E-state index contributed by atoms with van der Waals surface area (Å²) in [5, 5.41) is 0. The van der Waals surface area contributed by atoms with Gasteiger partial charge in [-0.15, -0.1) is 0 Å². The molecule has 1 aliphatic rings. The highest BCUT2D eigenvalue weighted by Gasteiger charge is 2.33. The van der Waals surface area contributed by atoms with Gasteiger partial charge < -0.3 is 5.73 Å². The SMILES string of the molecule is CC(C(=O)c1ccc(N)cc1Br)C1CC1. The zero-order valence-electron chi connectivity index (χ0n) is 8.66. The summed E-state index contributed by atoms with van der Waals surface area (Å²) in [5.74, 6) is 0.969. The van der Waals surface area contributed by atoms with E-state index in [0.29, 0.717) is 11.6 Å². The Bertz CT molecular complexity index is 399. The average Bonchev–Trinajstić information content (AvgIpc) is 2.99. The number of benzene rings is 1. The number of Topliss-reactive ketones (excluding diaryl/α,β-unsaturated/α-hetero) is 1. The van der Waals surface area contributed by atoms with Crippen molar-refractivity contribution in [3.63, 3.8) is 0 Å². The van der Waals surface area contributed by atoms with E-state index in [9.17, 15) is 4.79 Å². The maximum Gasteiger partial charge on any atom is 0.167 e. The summed E-state index contributed by atoms with van der Waals surface area (Å²) in [7, 11) is 0. The smallest absolute Gasteiger partial charge is 0.167 e. The maximum absolute atomic E-state index is 12.1. The molecular weight excluding hydrogens is 254 g/mol. The van der Waals surface area contributed by atoms with Gasteiger partial charge in [0.2, 0.25) is 0 Å². The average molecular weight is 268 g/mol. The third kappa shape index (κ3) is 2.23. The van der Waals surface area contributed by atoms with Gasteiger partial charge in [0.1, 0.15) is 0 Å². The Morgan fingerprint density at radius 1 is 1.53 bits per heavy atom. The molecule has 2 rings (SSSR count). The van der Waals surface area contributed by atoms with Crippen LogP contribution in [-0.2, 0) is 0 Å². The van der Waals surface area contributed by atoms with Crippen molar-refractivity contribution in [3.05, 3.63) is 28.2 Å². The third-order valence-corrected chi connectivity index (χ3v) is 3.66. The minimum atomic E-state index is 0.143. The lowest BCUT2D eigenvalue weighted by Gasteiger charge is -2.10. The number of carbonyl (C=O) groups is 1. The topological polar surface area (TPSA) is 43.1 Å². The van der Waals surface area contributed by atoms with Crippen LogP contribution in [-0.4, -0.2) is 5.78 Å². The van der Waals surface area contributed by atoms with Crippen LogP contribution < -0.4 is 5.73 Å². The Kier molecular flexibility index (Phi) is 2.83. The normalized spacial score (nSPS) is 17.5. The Morgan fingerprint density at radius 3 is 2.73 bits per heavy atom. The second kappa shape index (κ2) is 3.97. The van der Waals surface area contributed by atoms with Crippen LogP contribution in [0, 0.1) is 11.8 Å². The van der Waals surface area contributed by atoms with E-state index >= 15 is 0 Å². The van der Waals surface area contributed by atoms with Crippen LogP contribution in [0.5, 0.6) is 0 Å². The molecule has 15 heavy (non-hydrogen) atoms. The number of anilines is 1. The molecule has 3 heteroatoms. The first-order chi connectivity index (χ1) is 7.09. The number of hydrogen-bond acceptors (Lipinski definition) is 2. The summed E-state index contributed by atoms with van der Waals surface area (Å²) in [6, 6.07) is 5.37. The van der Waals surface area contributed by atoms with Crippen molar-refractivity contribution in [1.29, 1.82) is 0 Å². The van der Waals surface area contributed by atoms with Crippen molar-refractivity contribution in [2.24, 2.45) is 11.8 Å². The van der Waals surface area contributed by atoms with Crippen LogP contribution in [0.3, 0.4) is 0 Å². The Hall–Kier alpha value is -0.830. The first-order valence-electron chi connectivity index (χ1n) is 5.19. The molecule has 0 radical (unpaired) electrons. The fourth-order valence-corrected chi connectivity index (χ4v) is 2.38. The zero-order chi connectivity index (χ0) is 11.0. The number of rotatable bonds is 3. The monoisotopic (exact) mass is 267 g/mol. The summed E-state index contributed by atoms with van der Waals surface area (Å²) in [4.78, 5) is 12.1. The van der Waals surface area contributed by atoms with Crippen LogP contribution in [0.4, 0.5) is 5.69 Å². The third-order valence-electron chi connectivity index (χ3n) is 3.00. The van der Waals surface area contributed by atoms with Gasteiger partial charge in [-0.1, -0.05) is 6.92 Å². The molecule has 1 saturated carbocycles.